The van der Waals surface area contributed by atoms with Crippen molar-refractivity contribution < 1.29 is 23.9 Å². The highest BCUT2D eigenvalue weighted by Crippen LogP contribution is 2.18. The smallest absolute Gasteiger partial charge is 0.326 e. The standard InChI is InChI=1S/C25H29N3O5/c1-18(19-10-4-2-5-11-19)26-25(32)20-12-7-8-13-21(20)27-22(29)17-33-24(31)16-28-15-9-3-6-14-23(28)30/h2,4-5,7-8,10-13,18H,3,6,9,14-17H2,1H3,(H,26,32)(H,27,29). The molecule has 1 heterocycles. The molecule has 3 rings (SSSR count). The Morgan fingerprint density at radius 3 is 2.52 bits per heavy atom. The number of benzene rings is 2. The number of rotatable bonds is 8. The van der Waals surface area contributed by atoms with Gasteiger partial charge < -0.3 is 20.3 Å². The largest absolute Gasteiger partial charge is 0.454 e. The van der Waals surface area contributed by atoms with Crippen LogP contribution in [0.2, 0.25) is 0 Å². The van der Waals surface area contributed by atoms with Crippen LogP contribution in [0.4, 0.5) is 5.69 Å². The first-order chi connectivity index (χ1) is 15.9. The zero-order valence-electron chi connectivity index (χ0n) is 18.7. The van der Waals surface area contributed by atoms with E-state index in [2.05, 4.69) is 10.6 Å². The van der Waals surface area contributed by atoms with E-state index >= 15 is 0 Å². The second-order valence-corrected chi connectivity index (χ2v) is 7.99. The number of hydrogen-bond acceptors (Lipinski definition) is 5. The van der Waals surface area contributed by atoms with Gasteiger partial charge in [-0.25, -0.2) is 0 Å². The highest BCUT2D eigenvalue weighted by Gasteiger charge is 2.21. The molecule has 174 valence electrons. The van der Waals surface area contributed by atoms with Gasteiger partial charge in [-0.1, -0.05) is 48.9 Å². The Morgan fingerprint density at radius 1 is 1.00 bits per heavy atom. The number of anilines is 1. The molecule has 0 spiro atoms. The zero-order valence-corrected chi connectivity index (χ0v) is 18.7. The molecule has 3 amide bonds. The number of esters is 1. The predicted octanol–water partition coefficient (Wildman–Crippen LogP) is 3.06. The van der Waals surface area contributed by atoms with E-state index in [-0.39, 0.29) is 24.4 Å². The van der Waals surface area contributed by atoms with E-state index in [1.165, 1.54) is 4.90 Å². The third-order valence-electron chi connectivity index (χ3n) is 5.45. The number of likely N-dealkylation sites (tertiary alicyclic amines) is 1. The summed E-state index contributed by atoms with van der Waals surface area (Å²) >= 11 is 0. The minimum Gasteiger partial charge on any atom is -0.454 e. The average Bonchev–Trinajstić information content (AvgIpc) is 3.02. The van der Waals surface area contributed by atoms with Crippen molar-refractivity contribution in [1.82, 2.24) is 10.2 Å². The zero-order chi connectivity index (χ0) is 23.6. The van der Waals surface area contributed by atoms with E-state index in [4.69, 9.17) is 4.74 Å². The maximum atomic E-state index is 12.8. The van der Waals surface area contributed by atoms with Gasteiger partial charge in [0, 0.05) is 13.0 Å². The van der Waals surface area contributed by atoms with Gasteiger partial charge in [0.25, 0.3) is 11.8 Å². The summed E-state index contributed by atoms with van der Waals surface area (Å²) in [5.74, 6) is -1.61. The predicted molar refractivity (Wildman–Crippen MR) is 123 cm³/mol. The molecule has 1 aliphatic rings. The number of hydrogen-bond donors (Lipinski definition) is 2. The second-order valence-electron chi connectivity index (χ2n) is 7.99. The van der Waals surface area contributed by atoms with Crippen LogP contribution in [0.3, 0.4) is 0 Å². The minimum absolute atomic E-state index is 0.0708. The Balaban J connectivity index is 1.53. The maximum absolute atomic E-state index is 12.8. The molecule has 1 unspecified atom stereocenters. The molecule has 2 aromatic rings. The number of amides is 3. The van der Waals surface area contributed by atoms with Crippen LogP contribution >= 0.6 is 0 Å². The Hall–Kier alpha value is -3.68. The molecule has 1 saturated heterocycles. The van der Waals surface area contributed by atoms with Gasteiger partial charge in [-0.15, -0.1) is 0 Å². The molecule has 1 fully saturated rings. The van der Waals surface area contributed by atoms with Gasteiger partial charge in [0.2, 0.25) is 5.91 Å². The van der Waals surface area contributed by atoms with Crippen molar-refractivity contribution in [3.63, 3.8) is 0 Å². The summed E-state index contributed by atoms with van der Waals surface area (Å²) in [7, 11) is 0. The molecule has 33 heavy (non-hydrogen) atoms. The molecule has 8 heteroatoms. The molecular formula is C25H29N3O5. The molecular weight excluding hydrogens is 422 g/mol. The van der Waals surface area contributed by atoms with E-state index in [0.29, 0.717) is 24.2 Å². The van der Waals surface area contributed by atoms with Crippen LogP contribution in [-0.4, -0.2) is 48.3 Å². The van der Waals surface area contributed by atoms with E-state index in [0.717, 1.165) is 24.8 Å². The third kappa shape index (κ3) is 7.17. The molecule has 2 N–H and O–H groups in total. The van der Waals surface area contributed by atoms with Gasteiger partial charge in [-0.05, 0) is 37.5 Å². The van der Waals surface area contributed by atoms with Crippen molar-refractivity contribution >= 4 is 29.4 Å². The van der Waals surface area contributed by atoms with Gasteiger partial charge in [-0.2, -0.15) is 0 Å². The van der Waals surface area contributed by atoms with Gasteiger partial charge in [0.1, 0.15) is 6.54 Å². The van der Waals surface area contributed by atoms with Crippen LogP contribution in [-0.2, 0) is 19.1 Å². The number of para-hydroxylation sites is 1. The number of carbonyl (C=O) groups is 4. The lowest BCUT2D eigenvalue weighted by atomic mass is 10.1. The fourth-order valence-electron chi connectivity index (χ4n) is 3.63. The monoisotopic (exact) mass is 451 g/mol. The van der Waals surface area contributed by atoms with Crippen LogP contribution in [0.1, 0.15) is 54.6 Å². The highest BCUT2D eigenvalue weighted by molar-refractivity contribution is 6.04. The molecule has 0 bridgehead atoms. The molecule has 0 aromatic heterocycles. The number of nitrogens with one attached hydrogen (secondary N) is 2. The van der Waals surface area contributed by atoms with E-state index in [1.54, 1.807) is 24.3 Å². The molecule has 0 radical (unpaired) electrons. The lowest BCUT2D eigenvalue weighted by molar-refractivity contribution is -0.151. The number of ether oxygens (including phenoxy) is 1. The minimum atomic E-state index is -0.636. The highest BCUT2D eigenvalue weighted by atomic mass is 16.5. The van der Waals surface area contributed by atoms with Gasteiger partial charge >= 0.3 is 5.97 Å². The van der Waals surface area contributed by atoms with E-state index in [1.807, 2.05) is 37.3 Å². The molecule has 1 atom stereocenters. The van der Waals surface area contributed by atoms with Crippen LogP contribution in [0, 0.1) is 0 Å². The van der Waals surface area contributed by atoms with E-state index < -0.39 is 18.5 Å². The fourth-order valence-corrected chi connectivity index (χ4v) is 3.63. The normalized spacial score (nSPS) is 14.7. The molecule has 1 aliphatic heterocycles. The van der Waals surface area contributed by atoms with Crippen LogP contribution in [0.15, 0.2) is 54.6 Å². The van der Waals surface area contributed by atoms with Crippen molar-refractivity contribution in [2.45, 2.75) is 38.6 Å². The SMILES string of the molecule is CC(NC(=O)c1ccccc1NC(=O)COC(=O)CN1CCCCCC1=O)c1ccccc1. The van der Waals surface area contributed by atoms with Crippen molar-refractivity contribution in [2.75, 3.05) is 25.0 Å². The molecule has 2 aromatic carbocycles. The number of carbonyl (C=O) groups excluding carboxylic acids is 4. The lowest BCUT2D eigenvalue weighted by Gasteiger charge is -2.19. The van der Waals surface area contributed by atoms with Crippen LogP contribution in [0.5, 0.6) is 0 Å². The summed E-state index contributed by atoms with van der Waals surface area (Å²) in [5, 5.41) is 5.54. The third-order valence-corrected chi connectivity index (χ3v) is 5.45. The quantitative estimate of drug-likeness (QED) is 0.600. The Bertz CT molecular complexity index is 993. The maximum Gasteiger partial charge on any atom is 0.326 e. The van der Waals surface area contributed by atoms with E-state index in [9.17, 15) is 19.2 Å². The Labute approximate surface area is 193 Å². The van der Waals surface area contributed by atoms with Crippen molar-refractivity contribution in [3.05, 3.63) is 65.7 Å². The van der Waals surface area contributed by atoms with Crippen molar-refractivity contribution in [1.29, 1.82) is 0 Å². The molecule has 0 aliphatic carbocycles. The second kappa shape index (κ2) is 11.8. The van der Waals surface area contributed by atoms with Gasteiger partial charge in [0.15, 0.2) is 6.61 Å². The first-order valence-corrected chi connectivity index (χ1v) is 11.1. The Morgan fingerprint density at radius 2 is 1.73 bits per heavy atom. The lowest BCUT2D eigenvalue weighted by Crippen LogP contribution is -2.36. The first kappa shape index (κ1) is 24.0. The topological polar surface area (TPSA) is 105 Å². The summed E-state index contributed by atoms with van der Waals surface area (Å²) in [5.41, 5.74) is 1.58. The Kier molecular flexibility index (Phi) is 8.57. The molecule has 0 saturated carbocycles. The fraction of sp³-hybridized carbons (Fsp3) is 0.360. The van der Waals surface area contributed by atoms with Crippen molar-refractivity contribution in [3.8, 4) is 0 Å². The van der Waals surface area contributed by atoms with Gasteiger partial charge in [-0.3, -0.25) is 19.2 Å². The summed E-state index contributed by atoms with van der Waals surface area (Å²) in [6.07, 6.45) is 3.05. The molecule has 8 nitrogen and oxygen atoms in total. The van der Waals surface area contributed by atoms with Crippen LogP contribution in [0.25, 0.3) is 0 Å². The van der Waals surface area contributed by atoms with Gasteiger partial charge in [0.05, 0.1) is 17.3 Å². The number of nitrogens with zero attached hydrogens (tertiary/aromatic N) is 1. The van der Waals surface area contributed by atoms with Crippen molar-refractivity contribution in [2.24, 2.45) is 0 Å². The van der Waals surface area contributed by atoms with Crippen LogP contribution < -0.4 is 10.6 Å². The summed E-state index contributed by atoms with van der Waals surface area (Å²) in [6.45, 7) is 1.73. The summed E-state index contributed by atoms with van der Waals surface area (Å²) < 4.78 is 5.05. The summed E-state index contributed by atoms with van der Waals surface area (Å²) in [6, 6.07) is 16.0. The first-order valence-electron chi connectivity index (χ1n) is 11.1. The summed E-state index contributed by atoms with van der Waals surface area (Å²) in [4.78, 5) is 50.7. The average molecular weight is 452 g/mol.